The molecule has 0 aromatic heterocycles. The van der Waals surface area contributed by atoms with Crippen LogP contribution in [0.5, 0.6) is 23.0 Å². The molecule has 0 spiro atoms. The fourth-order valence-electron chi connectivity index (χ4n) is 8.15. The van der Waals surface area contributed by atoms with Crippen LogP contribution in [-0.4, -0.2) is 205 Å². The highest BCUT2D eigenvalue weighted by molar-refractivity contribution is 5.91. The van der Waals surface area contributed by atoms with E-state index in [4.69, 9.17) is 47.4 Å². The Morgan fingerprint density at radius 3 is 1.96 bits per heavy atom. The minimum atomic E-state index is -2.00. The number of esters is 3. The van der Waals surface area contributed by atoms with Gasteiger partial charge in [-0.2, -0.15) is 0 Å². The standard InChI is InChI=1S/C46H58O25/c1-4-22-23(24(42(61)62-3)18-64-43(22)71-45-38(60)36(58)34(56)29(16-47)66-45)15-32(54)69-41-40(70-44-37(59)35(57)33(55)19(2)65-44)39(68-31(53)10-7-20-5-8-25(49)27(51)13-20)30(17-48)67-46(41)63-12-11-21-6-9-26(50)28(52)14-21/h4-10,13-14,18-19,23,29-30,33-41,43-52,55-60H,11-12,15-17H2,1-3H3/t19-,23-,29+,30+,33-,34+,35+,36-,37+,38+,39+,40-,41+,43-,44-,45-,46+/m0/s1. The van der Waals surface area contributed by atoms with Gasteiger partial charge in [-0.15, -0.1) is 0 Å². The van der Waals surface area contributed by atoms with E-state index in [1.807, 2.05) is 0 Å². The van der Waals surface area contributed by atoms with E-state index in [1.165, 1.54) is 50.3 Å². The van der Waals surface area contributed by atoms with Crippen molar-refractivity contribution in [2.75, 3.05) is 26.9 Å². The van der Waals surface area contributed by atoms with Crippen molar-refractivity contribution < 1.29 is 123 Å². The van der Waals surface area contributed by atoms with Gasteiger partial charge >= 0.3 is 17.9 Å². The highest BCUT2D eigenvalue weighted by Gasteiger charge is 2.55. The van der Waals surface area contributed by atoms with E-state index in [0.717, 1.165) is 31.6 Å². The monoisotopic (exact) mass is 1010 g/mol. The lowest BCUT2D eigenvalue weighted by atomic mass is 9.86. The number of hydrogen-bond donors (Lipinski definition) is 12. The van der Waals surface area contributed by atoms with E-state index in [0.29, 0.717) is 5.56 Å². The number of allylic oxidation sites excluding steroid dienone is 1. The first kappa shape index (κ1) is 54.8. The van der Waals surface area contributed by atoms with Gasteiger partial charge in [0.15, 0.2) is 54.1 Å². The third-order valence-corrected chi connectivity index (χ3v) is 12.1. The zero-order chi connectivity index (χ0) is 51.8. The smallest absolute Gasteiger partial charge is 0.337 e. The topological polar surface area (TPSA) is 386 Å². The van der Waals surface area contributed by atoms with Crippen molar-refractivity contribution in [2.24, 2.45) is 5.92 Å². The first-order valence-electron chi connectivity index (χ1n) is 22.2. The van der Waals surface area contributed by atoms with E-state index >= 15 is 0 Å². The maximum Gasteiger partial charge on any atom is 0.337 e. The van der Waals surface area contributed by atoms with Gasteiger partial charge in [-0.1, -0.05) is 18.2 Å². The van der Waals surface area contributed by atoms with Crippen LogP contribution in [0.1, 0.15) is 31.4 Å². The summed E-state index contributed by atoms with van der Waals surface area (Å²) in [6, 6.07) is 7.59. The molecular weight excluding hydrogens is 952 g/mol. The zero-order valence-corrected chi connectivity index (χ0v) is 38.3. The molecule has 0 radical (unpaired) electrons. The molecule has 25 heteroatoms. The lowest BCUT2D eigenvalue weighted by Crippen LogP contribution is -2.65. The summed E-state index contributed by atoms with van der Waals surface area (Å²) < 4.78 is 57.9. The number of phenols is 4. The third-order valence-electron chi connectivity index (χ3n) is 12.1. The SMILES string of the molecule is CC=C1[C@H](O[C@@H]2O[C@H](CO)[C@@H](O)[C@H](O)[C@H]2O)OC=C(C(=O)OC)[C@H]1CC(=O)O[C@H]1[C@H](OCCc2ccc(O)c(O)c2)O[C@H](CO)[C@@H](OC(=O)C=Cc2ccc(O)c(O)c2)[C@@H]1O[C@@H]1O[C@@H](C)[C@H](O)[C@@H](O)[C@H]1O. The Kier molecular flexibility index (Phi) is 18.8. The van der Waals surface area contributed by atoms with Gasteiger partial charge in [0.2, 0.25) is 6.29 Å². The fraction of sp³-hybridized carbons (Fsp3) is 0.543. The van der Waals surface area contributed by atoms with Crippen LogP contribution in [0.4, 0.5) is 0 Å². The summed E-state index contributed by atoms with van der Waals surface area (Å²) in [6.45, 7) is 0.814. The van der Waals surface area contributed by atoms with Gasteiger partial charge in [0.05, 0.1) is 51.3 Å². The Bertz CT molecular complexity index is 2250. The Hall–Kier alpha value is -5.49. The predicted octanol–water partition coefficient (Wildman–Crippen LogP) is -2.28. The van der Waals surface area contributed by atoms with E-state index in [1.54, 1.807) is 0 Å². The van der Waals surface area contributed by atoms with Crippen LogP contribution in [0.2, 0.25) is 0 Å². The number of rotatable bonds is 17. The average Bonchev–Trinajstić information content (AvgIpc) is 3.35. The van der Waals surface area contributed by atoms with Crippen LogP contribution in [-0.2, 0) is 68.2 Å². The maximum atomic E-state index is 14.5. The lowest BCUT2D eigenvalue weighted by Gasteiger charge is -2.47. The first-order valence-corrected chi connectivity index (χ1v) is 22.2. The largest absolute Gasteiger partial charge is 0.504 e. The normalized spacial score (nSPS) is 34.8. The van der Waals surface area contributed by atoms with Gasteiger partial charge in [0.1, 0.15) is 54.9 Å². The molecule has 12 N–H and O–H groups in total. The summed E-state index contributed by atoms with van der Waals surface area (Å²) in [5, 5.41) is 124. The quantitative estimate of drug-likeness (QED) is 0.0261. The molecule has 2 aromatic rings. The number of aliphatic hydroxyl groups excluding tert-OH is 8. The fourth-order valence-corrected chi connectivity index (χ4v) is 8.15. The van der Waals surface area contributed by atoms with Crippen molar-refractivity contribution in [1.29, 1.82) is 0 Å². The second-order valence-corrected chi connectivity index (χ2v) is 16.8. The summed E-state index contributed by atoms with van der Waals surface area (Å²) in [4.78, 5) is 41.3. The number of methoxy groups -OCH3 is 1. The van der Waals surface area contributed by atoms with E-state index in [-0.39, 0.29) is 29.7 Å². The van der Waals surface area contributed by atoms with Crippen LogP contribution in [0.15, 0.2) is 66.0 Å². The van der Waals surface area contributed by atoms with E-state index in [9.17, 15) is 75.7 Å². The number of ether oxygens (including phenoxy) is 10. The Balaban J connectivity index is 1.35. The number of hydrogen-bond acceptors (Lipinski definition) is 25. The second kappa shape index (κ2) is 24.3. The summed E-state index contributed by atoms with van der Waals surface area (Å²) in [5.74, 6) is -6.42. The second-order valence-electron chi connectivity index (χ2n) is 16.8. The number of aliphatic hydroxyl groups is 8. The van der Waals surface area contributed by atoms with Gasteiger partial charge in [-0.3, -0.25) is 4.79 Å². The number of benzene rings is 2. The average molecular weight is 1010 g/mol. The van der Waals surface area contributed by atoms with E-state index < -0.39 is 165 Å². The molecule has 4 aliphatic rings. The minimum Gasteiger partial charge on any atom is -0.504 e. The highest BCUT2D eigenvalue weighted by Crippen LogP contribution is 2.39. The molecule has 0 bridgehead atoms. The number of phenolic OH excluding ortho intramolecular Hbond substituents is 4. The number of carbonyl (C=O) groups excluding carboxylic acids is 3. The Morgan fingerprint density at radius 1 is 0.690 bits per heavy atom. The molecule has 17 atom stereocenters. The van der Waals surface area contributed by atoms with Gasteiger partial charge in [-0.25, -0.2) is 9.59 Å². The van der Waals surface area contributed by atoms with Crippen molar-refractivity contribution >= 4 is 24.0 Å². The van der Waals surface area contributed by atoms with Crippen molar-refractivity contribution in [3.05, 3.63) is 77.1 Å². The van der Waals surface area contributed by atoms with Crippen LogP contribution < -0.4 is 0 Å². The molecule has 4 aliphatic heterocycles. The summed E-state index contributed by atoms with van der Waals surface area (Å²) in [6.07, 6.45) is -24.0. The van der Waals surface area contributed by atoms with Crippen LogP contribution >= 0.6 is 0 Å². The van der Waals surface area contributed by atoms with Crippen LogP contribution in [0, 0.1) is 5.92 Å². The maximum absolute atomic E-state index is 14.5. The summed E-state index contributed by atoms with van der Waals surface area (Å²) >= 11 is 0. The molecule has 0 amide bonds. The molecule has 0 saturated carbocycles. The highest BCUT2D eigenvalue weighted by atomic mass is 16.8. The van der Waals surface area contributed by atoms with Crippen molar-refractivity contribution in [2.45, 2.75) is 125 Å². The van der Waals surface area contributed by atoms with Crippen LogP contribution in [0.3, 0.4) is 0 Å². The van der Waals surface area contributed by atoms with Crippen LogP contribution in [0.25, 0.3) is 6.08 Å². The zero-order valence-electron chi connectivity index (χ0n) is 38.3. The molecule has 0 unspecified atom stereocenters. The van der Waals surface area contributed by atoms with Gasteiger partial charge in [0.25, 0.3) is 0 Å². The number of carbonyl (C=O) groups is 3. The Labute approximate surface area is 404 Å². The molecule has 6 rings (SSSR count). The molecule has 25 nitrogen and oxygen atoms in total. The number of aromatic hydroxyl groups is 4. The molecule has 0 aliphatic carbocycles. The Morgan fingerprint density at radius 2 is 1.32 bits per heavy atom. The molecule has 392 valence electrons. The molecule has 4 heterocycles. The van der Waals surface area contributed by atoms with Crippen molar-refractivity contribution in [1.82, 2.24) is 0 Å². The molecular formula is C46H58O25. The lowest BCUT2D eigenvalue weighted by molar-refractivity contribution is -0.358. The van der Waals surface area contributed by atoms with Gasteiger partial charge < -0.3 is 109 Å². The van der Waals surface area contributed by atoms with Crippen molar-refractivity contribution in [3.8, 4) is 23.0 Å². The predicted molar refractivity (Wildman–Crippen MR) is 233 cm³/mol. The van der Waals surface area contributed by atoms with Gasteiger partial charge in [0, 0.05) is 17.6 Å². The summed E-state index contributed by atoms with van der Waals surface area (Å²) in [5.41, 5.74) is 0.435. The first-order chi connectivity index (χ1) is 33.8. The molecule has 71 heavy (non-hydrogen) atoms. The van der Waals surface area contributed by atoms with Crippen molar-refractivity contribution in [3.63, 3.8) is 0 Å². The third kappa shape index (κ3) is 12.8. The van der Waals surface area contributed by atoms with Gasteiger partial charge in [-0.05, 0) is 61.7 Å². The molecule has 3 saturated heterocycles. The molecule has 2 aromatic carbocycles. The summed E-state index contributed by atoms with van der Waals surface area (Å²) in [7, 11) is 1.05. The molecule has 3 fully saturated rings. The van der Waals surface area contributed by atoms with E-state index in [2.05, 4.69) is 0 Å². The minimum absolute atomic E-state index is 0.0155.